The minimum Gasteiger partial charge on any atom is -0.481 e. The minimum atomic E-state index is -0.859. The predicted octanol–water partition coefficient (Wildman–Crippen LogP) is 1.05. The fraction of sp³-hybridized carbons (Fsp3) is 0.500. The number of nitrogens with zero attached hydrogens (tertiary/aromatic N) is 1. The smallest absolute Gasteiger partial charge is 0.308 e. The molecule has 6 nitrogen and oxygen atoms in total. The summed E-state index contributed by atoms with van der Waals surface area (Å²) in [5.74, 6) is -2.01. The van der Waals surface area contributed by atoms with Gasteiger partial charge in [0.05, 0.1) is 18.9 Å². The van der Waals surface area contributed by atoms with Crippen molar-refractivity contribution in [1.29, 1.82) is 0 Å². The Balaban J connectivity index is 1.49. The molecule has 1 heterocycles. The Morgan fingerprint density at radius 2 is 2.00 bits per heavy atom. The second-order valence-electron chi connectivity index (χ2n) is 6.83. The maximum absolute atomic E-state index is 13.1. The first-order valence-corrected chi connectivity index (χ1v) is 8.45. The Labute approximate surface area is 145 Å². The number of nitrogens with one attached hydrogen (secondary N) is 1. The third-order valence-corrected chi connectivity index (χ3v) is 4.95. The minimum absolute atomic E-state index is 0.00646. The van der Waals surface area contributed by atoms with E-state index in [1.807, 2.05) is 0 Å². The van der Waals surface area contributed by atoms with E-state index in [0.717, 1.165) is 12.8 Å². The molecule has 1 aliphatic heterocycles. The van der Waals surface area contributed by atoms with Crippen LogP contribution in [0.5, 0.6) is 0 Å². The number of carbonyl (C=O) groups excluding carboxylic acids is 2. The van der Waals surface area contributed by atoms with Crippen molar-refractivity contribution < 1.29 is 23.9 Å². The molecule has 2 atom stereocenters. The van der Waals surface area contributed by atoms with Gasteiger partial charge in [0.2, 0.25) is 11.8 Å². The van der Waals surface area contributed by atoms with E-state index in [4.69, 9.17) is 0 Å². The molecular weight excluding hydrogens is 327 g/mol. The second kappa shape index (κ2) is 7.21. The van der Waals surface area contributed by atoms with Crippen molar-refractivity contribution in [2.24, 2.45) is 17.8 Å². The Morgan fingerprint density at radius 3 is 2.64 bits per heavy atom. The van der Waals surface area contributed by atoms with Crippen LogP contribution in [0.3, 0.4) is 0 Å². The van der Waals surface area contributed by atoms with Gasteiger partial charge in [-0.05, 0) is 42.4 Å². The number of aliphatic carboxylic acids is 1. The summed E-state index contributed by atoms with van der Waals surface area (Å²) in [6, 6.07) is 5.74. The van der Waals surface area contributed by atoms with Gasteiger partial charge in [-0.1, -0.05) is 12.1 Å². The molecule has 1 aliphatic carbocycles. The number of amides is 2. The van der Waals surface area contributed by atoms with Crippen LogP contribution in [0.15, 0.2) is 24.3 Å². The molecule has 0 aromatic heterocycles. The van der Waals surface area contributed by atoms with Gasteiger partial charge in [-0.3, -0.25) is 14.4 Å². The summed E-state index contributed by atoms with van der Waals surface area (Å²) in [6.45, 7) is 0.479. The van der Waals surface area contributed by atoms with Crippen LogP contribution in [0.1, 0.15) is 18.4 Å². The van der Waals surface area contributed by atoms with Gasteiger partial charge in [-0.15, -0.1) is 0 Å². The van der Waals surface area contributed by atoms with Crippen molar-refractivity contribution in [3.8, 4) is 0 Å². The summed E-state index contributed by atoms with van der Waals surface area (Å²) in [5.41, 5.74) is 0.533. The van der Waals surface area contributed by atoms with Gasteiger partial charge < -0.3 is 15.3 Å². The molecule has 0 spiro atoms. The molecule has 2 N–H and O–H groups in total. The lowest BCUT2D eigenvalue weighted by Crippen LogP contribution is -2.40. The van der Waals surface area contributed by atoms with E-state index < -0.39 is 17.7 Å². The first kappa shape index (κ1) is 17.4. The van der Waals surface area contributed by atoms with Gasteiger partial charge in [0.15, 0.2) is 0 Å². The normalized spacial score (nSPS) is 22.7. The molecule has 2 amide bonds. The van der Waals surface area contributed by atoms with E-state index >= 15 is 0 Å². The highest BCUT2D eigenvalue weighted by Crippen LogP contribution is 2.44. The van der Waals surface area contributed by atoms with Crippen molar-refractivity contribution in [3.05, 3.63) is 35.6 Å². The van der Waals surface area contributed by atoms with E-state index in [9.17, 15) is 23.9 Å². The first-order chi connectivity index (χ1) is 11.9. The Hall–Kier alpha value is -2.44. The Bertz CT molecular complexity index is 689. The maximum Gasteiger partial charge on any atom is 0.308 e. The third kappa shape index (κ3) is 4.35. The van der Waals surface area contributed by atoms with Gasteiger partial charge in [0.25, 0.3) is 0 Å². The van der Waals surface area contributed by atoms with Crippen molar-refractivity contribution >= 4 is 17.8 Å². The van der Waals surface area contributed by atoms with Crippen LogP contribution in [0.25, 0.3) is 0 Å². The molecule has 0 unspecified atom stereocenters. The molecule has 1 aromatic rings. The zero-order valence-corrected chi connectivity index (χ0v) is 13.8. The van der Waals surface area contributed by atoms with Crippen LogP contribution in [0.2, 0.25) is 0 Å². The van der Waals surface area contributed by atoms with Crippen LogP contribution in [0, 0.1) is 23.6 Å². The molecule has 134 valence electrons. The highest BCUT2D eigenvalue weighted by Gasteiger charge is 2.46. The van der Waals surface area contributed by atoms with Crippen molar-refractivity contribution in [3.63, 3.8) is 0 Å². The number of benzene rings is 1. The highest BCUT2D eigenvalue weighted by atomic mass is 19.1. The molecule has 0 bridgehead atoms. The molecule has 1 saturated carbocycles. The molecule has 2 fully saturated rings. The summed E-state index contributed by atoms with van der Waals surface area (Å²) in [7, 11) is 0. The lowest BCUT2D eigenvalue weighted by molar-refractivity contribution is -0.143. The highest BCUT2D eigenvalue weighted by molar-refractivity contribution is 5.86. The number of likely N-dealkylation sites (tertiary alicyclic amines) is 1. The number of hydrogen-bond donors (Lipinski definition) is 2. The quantitative estimate of drug-likeness (QED) is 0.805. The van der Waals surface area contributed by atoms with Gasteiger partial charge in [0, 0.05) is 13.1 Å². The average Bonchev–Trinajstić information content (AvgIpc) is 3.30. The lowest BCUT2D eigenvalue weighted by Gasteiger charge is -2.16. The second-order valence-corrected chi connectivity index (χ2v) is 6.83. The summed E-state index contributed by atoms with van der Waals surface area (Å²) in [6.07, 6.45) is 2.05. The Kier molecular flexibility index (Phi) is 5.01. The lowest BCUT2D eigenvalue weighted by atomic mass is 9.92. The van der Waals surface area contributed by atoms with Gasteiger partial charge in [-0.2, -0.15) is 0 Å². The molecule has 2 aliphatic rings. The van der Waals surface area contributed by atoms with E-state index in [0.29, 0.717) is 18.0 Å². The number of halogens is 1. The molecule has 0 radical (unpaired) electrons. The average molecular weight is 348 g/mol. The predicted molar refractivity (Wildman–Crippen MR) is 87.0 cm³/mol. The molecule has 3 rings (SSSR count). The number of carboxylic acid groups (broad SMARTS) is 1. The molecule has 1 aromatic carbocycles. The summed E-state index contributed by atoms with van der Waals surface area (Å²) < 4.78 is 13.1. The SMILES string of the molecule is O=C(Cc1cccc(F)c1)NCC(=O)N1C[C@H](C(=O)O)[C@@H](C2CC2)C1. The third-order valence-electron chi connectivity index (χ3n) is 4.95. The van der Waals surface area contributed by atoms with Crippen LogP contribution in [0.4, 0.5) is 4.39 Å². The molecule has 25 heavy (non-hydrogen) atoms. The first-order valence-electron chi connectivity index (χ1n) is 8.45. The van der Waals surface area contributed by atoms with E-state index in [2.05, 4.69) is 5.32 Å². The van der Waals surface area contributed by atoms with Crippen LogP contribution in [-0.4, -0.2) is 47.4 Å². The maximum atomic E-state index is 13.1. The van der Waals surface area contributed by atoms with Crippen molar-refractivity contribution in [2.45, 2.75) is 19.3 Å². The summed E-state index contributed by atoms with van der Waals surface area (Å²) in [5, 5.41) is 11.9. The summed E-state index contributed by atoms with van der Waals surface area (Å²) in [4.78, 5) is 37.1. The number of carboxylic acids is 1. The fourth-order valence-corrected chi connectivity index (χ4v) is 3.48. The number of hydrogen-bond acceptors (Lipinski definition) is 3. The number of rotatable bonds is 6. The van der Waals surface area contributed by atoms with Gasteiger partial charge >= 0.3 is 5.97 Å². The van der Waals surface area contributed by atoms with Crippen LogP contribution in [-0.2, 0) is 20.8 Å². The van der Waals surface area contributed by atoms with Crippen LogP contribution < -0.4 is 5.32 Å². The zero-order valence-electron chi connectivity index (χ0n) is 13.8. The molecular formula is C18H21FN2O4. The molecule has 1 saturated heterocycles. The van der Waals surface area contributed by atoms with Crippen molar-refractivity contribution in [2.75, 3.05) is 19.6 Å². The Morgan fingerprint density at radius 1 is 1.24 bits per heavy atom. The largest absolute Gasteiger partial charge is 0.481 e. The topological polar surface area (TPSA) is 86.7 Å². The summed E-state index contributed by atoms with van der Waals surface area (Å²) >= 11 is 0. The van der Waals surface area contributed by atoms with Crippen LogP contribution >= 0.6 is 0 Å². The molecule has 7 heteroatoms. The van der Waals surface area contributed by atoms with E-state index in [-0.39, 0.29) is 37.2 Å². The van der Waals surface area contributed by atoms with E-state index in [1.54, 1.807) is 6.07 Å². The van der Waals surface area contributed by atoms with E-state index in [1.165, 1.54) is 23.1 Å². The fourth-order valence-electron chi connectivity index (χ4n) is 3.48. The standard InChI is InChI=1S/C18H21FN2O4/c19-13-3-1-2-11(6-13)7-16(22)20-8-17(23)21-9-14(12-4-5-12)15(10-21)18(24)25/h1-3,6,12,14-15H,4-5,7-10H2,(H,20,22)(H,24,25)/t14-,15+/m1/s1. The van der Waals surface area contributed by atoms with Gasteiger partial charge in [-0.25, -0.2) is 4.39 Å². The van der Waals surface area contributed by atoms with Gasteiger partial charge in [0.1, 0.15) is 5.82 Å². The van der Waals surface area contributed by atoms with Crippen molar-refractivity contribution in [1.82, 2.24) is 10.2 Å². The monoisotopic (exact) mass is 348 g/mol. The number of carbonyl (C=O) groups is 3. The zero-order chi connectivity index (χ0) is 18.0.